The van der Waals surface area contributed by atoms with E-state index in [0.29, 0.717) is 11.3 Å². The summed E-state index contributed by atoms with van der Waals surface area (Å²) in [4.78, 5) is 42.2. The molecule has 6 rings (SSSR count). The number of amides is 2. The number of para-hydroxylation sites is 1. The molecule has 0 spiro atoms. The third kappa shape index (κ3) is 3.37. The number of hydrogen-bond donors (Lipinski definition) is 1. The normalized spacial score (nSPS) is 19.9. The number of anilines is 1. The highest BCUT2D eigenvalue weighted by Crippen LogP contribution is 2.58. The quantitative estimate of drug-likeness (QED) is 0.300. The summed E-state index contributed by atoms with van der Waals surface area (Å²) in [6.45, 7) is 1.71. The number of imide groups is 1. The second-order valence-corrected chi connectivity index (χ2v) is 9.26. The first kappa shape index (κ1) is 23.7. The predicted octanol–water partition coefficient (Wildman–Crippen LogP) is 5.05. The lowest BCUT2D eigenvalue weighted by Crippen LogP contribution is -2.33. The minimum Gasteiger partial charge on any atom is -0.505 e. The first-order valence-electron chi connectivity index (χ1n) is 12.3. The fourth-order valence-electron chi connectivity index (χ4n) is 5.77. The highest BCUT2D eigenvalue weighted by atomic mass is 19.1. The number of benzene rings is 3. The molecular formula is C30H23FN2O5. The van der Waals surface area contributed by atoms with Gasteiger partial charge in [0.05, 0.1) is 41.6 Å². The summed E-state index contributed by atoms with van der Waals surface area (Å²) in [5.74, 6) is -4.43. The molecule has 3 aromatic carbocycles. The maximum Gasteiger partial charge on any atom is 0.344 e. The Morgan fingerprint density at radius 3 is 2.18 bits per heavy atom. The minimum atomic E-state index is -1.03. The molecule has 2 aliphatic rings. The molecule has 0 radical (unpaired) electrons. The van der Waals surface area contributed by atoms with Crippen LogP contribution in [0.15, 0.2) is 84.9 Å². The summed E-state index contributed by atoms with van der Waals surface area (Å²) in [5.41, 5.74) is 1.92. The Labute approximate surface area is 217 Å². The molecule has 0 aliphatic carbocycles. The van der Waals surface area contributed by atoms with Gasteiger partial charge in [-0.25, -0.2) is 14.1 Å². The number of rotatable bonds is 5. The van der Waals surface area contributed by atoms with Gasteiger partial charge in [-0.05, 0) is 54.4 Å². The molecule has 2 aliphatic heterocycles. The molecule has 3 heterocycles. The van der Waals surface area contributed by atoms with Crippen LogP contribution < -0.4 is 4.90 Å². The zero-order chi connectivity index (χ0) is 26.6. The largest absolute Gasteiger partial charge is 0.505 e. The molecule has 38 heavy (non-hydrogen) atoms. The smallest absolute Gasteiger partial charge is 0.344 e. The van der Waals surface area contributed by atoms with E-state index >= 15 is 0 Å². The average molecular weight is 511 g/mol. The van der Waals surface area contributed by atoms with Gasteiger partial charge in [-0.2, -0.15) is 0 Å². The number of carbonyl (C=O) groups is 3. The van der Waals surface area contributed by atoms with E-state index < -0.39 is 47.2 Å². The van der Waals surface area contributed by atoms with Crippen molar-refractivity contribution in [2.45, 2.75) is 18.9 Å². The second-order valence-electron chi connectivity index (χ2n) is 9.26. The van der Waals surface area contributed by atoms with Crippen LogP contribution in [0, 0.1) is 11.7 Å². The highest BCUT2D eigenvalue weighted by molar-refractivity contribution is 6.25. The number of halogens is 1. The number of fused-ring (bicyclic) bond motifs is 3. The van der Waals surface area contributed by atoms with Crippen LogP contribution in [0.25, 0.3) is 11.3 Å². The maximum atomic E-state index is 13.9. The molecule has 0 bridgehead atoms. The average Bonchev–Trinajstić information content (AvgIpc) is 3.51. The Morgan fingerprint density at radius 2 is 1.55 bits per heavy atom. The topological polar surface area (TPSA) is 88.8 Å². The van der Waals surface area contributed by atoms with Crippen LogP contribution in [0.4, 0.5) is 10.1 Å². The standard InChI is InChI=1S/C30H23FN2O5/c1-2-38-30(37)23-25(18-13-15-19(31)16-14-18)33-24(17-9-5-3-6-10-17)21-22(26(33)27(23)34)29(36)32(28(21)35)20-11-7-4-8-12-20/h3-16,21-22,24,34H,2H2,1H3/t21-,22+,24-/m0/s1. The van der Waals surface area contributed by atoms with Crippen molar-refractivity contribution in [3.63, 3.8) is 0 Å². The molecule has 0 unspecified atom stereocenters. The van der Waals surface area contributed by atoms with Crippen molar-refractivity contribution < 1.29 is 28.6 Å². The molecule has 7 nitrogen and oxygen atoms in total. The van der Waals surface area contributed by atoms with Gasteiger partial charge < -0.3 is 14.4 Å². The van der Waals surface area contributed by atoms with Crippen LogP contribution in [0.3, 0.4) is 0 Å². The Kier molecular flexibility index (Phi) is 5.60. The summed E-state index contributed by atoms with van der Waals surface area (Å²) in [7, 11) is 0. The number of esters is 1. The van der Waals surface area contributed by atoms with Crippen molar-refractivity contribution in [1.82, 2.24) is 4.57 Å². The number of carbonyl (C=O) groups excluding carboxylic acids is 3. The van der Waals surface area contributed by atoms with Crippen LogP contribution in [-0.4, -0.2) is 34.1 Å². The van der Waals surface area contributed by atoms with E-state index in [1.54, 1.807) is 41.8 Å². The predicted molar refractivity (Wildman–Crippen MR) is 137 cm³/mol. The molecular weight excluding hydrogens is 487 g/mol. The first-order chi connectivity index (χ1) is 18.4. The molecule has 190 valence electrons. The summed E-state index contributed by atoms with van der Waals surface area (Å²) in [5, 5.41) is 11.5. The van der Waals surface area contributed by atoms with Crippen LogP contribution in [0.1, 0.15) is 40.5 Å². The number of aromatic hydroxyl groups is 1. The Bertz CT molecular complexity index is 1560. The molecule has 4 aromatic rings. The Hall–Kier alpha value is -4.72. The van der Waals surface area contributed by atoms with Gasteiger partial charge in [-0.3, -0.25) is 9.59 Å². The summed E-state index contributed by atoms with van der Waals surface area (Å²) < 4.78 is 20.8. The van der Waals surface area contributed by atoms with Gasteiger partial charge in [0.2, 0.25) is 11.8 Å². The summed E-state index contributed by atoms with van der Waals surface area (Å²) in [6, 6.07) is 22.6. The zero-order valence-corrected chi connectivity index (χ0v) is 20.4. The molecule has 1 N–H and O–H groups in total. The Balaban J connectivity index is 1.65. The third-order valence-electron chi connectivity index (χ3n) is 7.23. The van der Waals surface area contributed by atoms with Crippen LogP contribution in [-0.2, 0) is 14.3 Å². The fraction of sp³-hybridized carbons (Fsp3) is 0.167. The van der Waals surface area contributed by atoms with E-state index in [0.717, 1.165) is 10.5 Å². The molecule has 8 heteroatoms. The lowest BCUT2D eigenvalue weighted by molar-refractivity contribution is -0.122. The van der Waals surface area contributed by atoms with Crippen molar-refractivity contribution in [1.29, 1.82) is 0 Å². The first-order valence-corrected chi connectivity index (χ1v) is 12.3. The summed E-state index contributed by atoms with van der Waals surface area (Å²) in [6.07, 6.45) is 0. The summed E-state index contributed by atoms with van der Waals surface area (Å²) >= 11 is 0. The SMILES string of the molecule is CCOC(=O)c1c(O)c2n(c1-c1ccc(F)cc1)[C@@H](c1ccccc1)[C@H]1C(=O)N(c3ccccc3)C(=O)[C@@H]21. The van der Waals surface area contributed by atoms with E-state index in [-0.39, 0.29) is 23.6 Å². The van der Waals surface area contributed by atoms with Gasteiger partial charge >= 0.3 is 5.97 Å². The maximum absolute atomic E-state index is 13.9. The van der Waals surface area contributed by atoms with E-state index in [1.807, 2.05) is 30.3 Å². The molecule has 1 saturated heterocycles. The van der Waals surface area contributed by atoms with Crippen molar-refractivity contribution in [2.75, 3.05) is 11.5 Å². The molecule has 2 amide bonds. The van der Waals surface area contributed by atoms with Crippen LogP contribution >= 0.6 is 0 Å². The van der Waals surface area contributed by atoms with Crippen molar-refractivity contribution in [3.8, 4) is 17.0 Å². The molecule has 1 aromatic heterocycles. The van der Waals surface area contributed by atoms with E-state index in [9.17, 15) is 23.9 Å². The molecule has 0 saturated carbocycles. The monoisotopic (exact) mass is 510 g/mol. The Morgan fingerprint density at radius 1 is 0.921 bits per heavy atom. The van der Waals surface area contributed by atoms with Crippen LogP contribution in [0.5, 0.6) is 5.75 Å². The van der Waals surface area contributed by atoms with Gasteiger partial charge in [-0.15, -0.1) is 0 Å². The van der Waals surface area contributed by atoms with E-state index in [2.05, 4.69) is 0 Å². The molecule has 3 atom stereocenters. The number of nitrogens with zero attached hydrogens (tertiary/aromatic N) is 2. The third-order valence-corrected chi connectivity index (χ3v) is 7.23. The second kappa shape index (κ2) is 8.99. The van der Waals surface area contributed by atoms with Crippen molar-refractivity contribution in [3.05, 3.63) is 108 Å². The van der Waals surface area contributed by atoms with Gasteiger partial charge in [0.15, 0.2) is 5.75 Å². The van der Waals surface area contributed by atoms with Gasteiger partial charge in [-0.1, -0.05) is 48.5 Å². The van der Waals surface area contributed by atoms with Crippen LogP contribution in [0.2, 0.25) is 0 Å². The van der Waals surface area contributed by atoms with Gasteiger partial charge in [0.25, 0.3) is 0 Å². The van der Waals surface area contributed by atoms with Crippen molar-refractivity contribution in [2.24, 2.45) is 5.92 Å². The lowest BCUT2D eigenvalue weighted by Gasteiger charge is -2.24. The van der Waals surface area contributed by atoms with Gasteiger partial charge in [0, 0.05) is 0 Å². The minimum absolute atomic E-state index is 0.0645. The van der Waals surface area contributed by atoms with E-state index in [1.165, 1.54) is 24.3 Å². The fourth-order valence-corrected chi connectivity index (χ4v) is 5.77. The lowest BCUT2D eigenvalue weighted by atomic mass is 9.86. The number of aromatic nitrogens is 1. The molecule has 1 fully saturated rings. The number of hydrogen-bond acceptors (Lipinski definition) is 5. The van der Waals surface area contributed by atoms with Crippen molar-refractivity contribution >= 4 is 23.5 Å². The van der Waals surface area contributed by atoms with Gasteiger partial charge in [0.1, 0.15) is 11.4 Å². The number of ether oxygens (including phenoxy) is 1. The van der Waals surface area contributed by atoms with E-state index in [4.69, 9.17) is 4.74 Å². The zero-order valence-electron chi connectivity index (χ0n) is 20.4. The highest BCUT2D eigenvalue weighted by Gasteiger charge is 2.60.